The largest absolute Gasteiger partial charge is 0.341 e. The van der Waals surface area contributed by atoms with Crippen molar-refractivity contribution in [2.75, 3.05) is 6.26 Å². The van der Waals surface area contributed by atoms with Crippen LogP contribution in [0.1, 0.15) is 44.9 Å². The molecule has 1 aliphatic carbocycles. The summed E-state index contributed by atoms with van der Waals surface area (Å²) in [6, 6.07) is 5.12. The lowest BCUT2D eigenvalue weighted by atomic mass is 9.83. The fourth-order valence-electron chi connectivity index (χ4n) is 3.28. The lowest BCUT2D eigenvalue weighted by Crippen LogP contribution is -2.22. The van der Waals surface area contributed by atoms with Gasteiger partial charge < -0.3 is 4.98 Å². The van der Waals surface area contributed by atoms with E-state index in [1.54, 1.807) is 18.2 Å². The van der Waals surface area contributed by atoms with Gasteiger partial charge in [0.1, 0.15) is 5.82 Å². The van der Waals surface area contributed by atoms with Gasteiger partial charge in [-0.1, -0.05) is 19.8 Å². The number of nitrogens with one attached hydrogen (secondary N) is 1. The van der Waals surface area contributed by atoms with Crippen molar-refractivity contribution >= 4 is 20.9 Å². The van der Waals surface area contributed by atoms with Gasteiger partial charge in [-0.15, -0.1) is 0 Å². The number of sulfone groups is 1. The summed E-state index contributed by atoms with van der Waals surface area (Å²) < 4.78 is 23.2. The van der Waals surface area contributed by atoms with Gasteiger partial charge in [0, 0.05) is 11.7 Å². The summed E-state index contributed by atoms with van der Waals surface area (Å²) in [6.45, 7) is 2.21. The molecule has 0 unspecified atom stereocenters. The minimum absolute atomic E-state index is 0.157. The summed E-state index contributed by atoms with van der Waals surface area (Å²) in [5.74, 6) is 1.03. The van der Waals surface area contributed by atoms with Crippen LogP contribution in [0.5, 0.6) is 0 Å². The molecule has 0 bridgehead atoms. The van der Waals surface area contributed by atoms with Gasteiger partial charge in [0.05, 0.1) is 15.9 Å². The Morgan fingerprint density at radius 1 is 1.30 bits per heavy atom. The number of benzene rings is 1. The Balaban J connectivity index is 2.11. The van der Waals surface area contributed by atoms with Gasteiger partial charge in [-0.3, -0.25) is 0 Å². The molecular weight excluding hydrogens is 272 g/mol. The zero-order valence-corrected chi connectivity index (χ0v) is 12.8. The third kappa shape index (κ3) is 2.14. The first-order chi connectivity index (χ1) is 9.44. The molecule has 2 aromatic rings. The first kappa shape index (κ1) is 13.6. The Bertz CT molecular complexity index is 740. The van der Waals surface area contributed by atoms with E-state index in [0.717, 1.165) is 23.3 Å². The highest BCUT2D eigenvalue weighted by Gasteiger charge is 2.36. The highest BCUT2D eigenvalue weighted by atomic mass is 32.2. The molecule has 0 atom stereocenters. The van der Waals surface area contributed by atoms with Gasteiger partial charge in [0.15, 0.2) is 9.84 Å². The molecular formula is C15H20N2O2S. The molecule has 1 heterocycles. The Kier molecular flexibility index (Phi) is 3.12. The average Bonchev–Trinajstić information content (AvgIpc) is 3.04. The van der Waals surface area contributed by atoms with Crippen LogP contribution in [0.25, 0.3) is 11.0 Å². The van der Waals surface area contributed by atoms with E-state index in [0.29, 0.717) is 4.90 Å². The number of aromatic nitrogens is 2. The van der Waals surface area contributed by atoms with Gasteiger partial charge in [-0.05, 0) is 37.5 Å². The molecule has 0 amide bonds. The van der Waals surface area contributed by atoms with Crippen molar-refractivity contribution in [1.29, 1.82) is 0 Å². The van der Waals surface area contributed by atoms with Crippen molar-refractivity contribution in [2.24, 2.45) is 0 Å². The molecule has 0 aliphatic heterocycles. The van der Waals surface area contributed by atoms with Crippen LogP contribution in [0.2, 0.25) is 0 Å². The molecule has 0 spiro atoms. The number of rotatable bonds is 3. The summed E-state index contributed by atoms with van der Waals surface area (Å²) in [4.78, 5) is 8.42. The Labute approximate surface area is 119 Å². The highest BCUT2D eigenvalue weighted by molar-refractivity contribution is 7.90. The SMILES string of the molecule is CCC1(c2nc3ccc(S(C)(=O)=O)cc3[nH]2)CCCC1. The van der Waals surface area contributed by atoms with E-state index in [2.05, 4.69) is 11.9 Å². The number of fused-ring (bicyclic) bond motifs is 1. The molecule has 108 valence electrons. The van der Waals surface area contributed by atoms with Gasteiger partial charge >= 0.3 is 0 Å². The van der Waals surface area contributed by atoms with Crippen LogP contribution in [-0.4, -0.2) is 24.6 Å². The van der Waals surface area contributed by atoms with E-state index >= 15 is 0 Å². The number of H-pyrrole nitrogens is 1. The van der Waals surface area contributed by atoms with E-state index in [4.69, 9.17) is 4.98 Å². The van der Waals surface area contributed by atoms with Crippen LogP contribution in [-0.2, 0) is 15.3 Å². The number of hydrogen-bond acceptors (Lipinski definition) is 3. The predicted octanol–water partition coefficient (Wildman–Crippen LogP) is 3.19. The summed E-state index contributed by atoms with van der Waals surface area (Å²) >= 11 is 0. The second-order valence-electron chi connectivity index (χ2n) is 5.88. The highest BCUT2D eigenvalue weighted by Crippen LogP contribution is 2.42. The third-order valence-electron chi connectivity index (χ3n) is 4.62. The molecule has 1 aliphatic rings. The second-order valence-corrected chi connectivity index (χ2v) is 7.89. The maximum Gasteiger partial charge on any atom is 0.175 e. The quantitative estimate of drug-likeness (QED) is 0.945. The molecule has 4 nitrogen and oxygen atoms in total. The molecule has 1 aromatic carbocycles. The molecule has 0 radical (unpaired) electrons. The monoisotopic (exact) mass is 292 g/mol. The van der Waals surface area contributed by atoms with Crippen LogP contribution >= 0.6 is 0 Å². The maximum atomic E-state index is 11.6. The molecule has 0 saturated heterocycles. The van der Waals surface area contributed by atoms with Crippen molar-refractivity contribution in [3.63, 3.8) is 0 Å². The van der Waals surface area contributed by atoms with E-state index in [9.17, 15) is 8.42 Å². The molecule has 1 N–H and O–H groups in total. The smallest absolute Gasteiger partial charge is 0.175 e. The van der Waals surface area contributed by atoms with Crippen LogP contribution in [0.3, 0.4) is 0 Å². The summed E-state index contributed by atoms with van der Waals surface area (Å²) in [6.07, 6.45) is 7.14. The van der Waals surface area contributed by atoms with E-state index in [-0.39, 0.29) is 5.41 Å². The summed E-state index contributed by atoms with van der Waals surface area (Å²) in [5.41, 5.74) is 1.83. The normalized spacial score (nSPS) is 18.7. The molecule has 1 fully saturated rings. The van der Waals surface area contributed by atoms with Crippen molar-refractivity contribution in [2.45, 2.75) is 49.3 Å². The Hall–Kier alpha value is -1.36. The molecule has 1 aromatic heterocycles. The van der Waals surface area contributed by atoms with Gasteiger partial charge in [-0.2, -0.15) is 0 Å². The predicted molar refractivity (Wildman–Crippen MR) is 79.6 cm³/mol. The topological polar surface area (TPSA) is 62.8 Å². The van der Waals surface area contributed by atoms with Crippen molar-refractivity contribution in [3.05, 3.63) is 24.0 Å². The summed E-state index contributed by atoms with van der Waals surface area (Å²) in [5, 5.41) is 0. The van der Waals surface area contributed by atoms with Crippen LogP contribution in [0.4, 0.5) is 0 Å². The van der Waals surface area contributed by atoms with Crippen molar-refractivity contribution in [3.8, 4) is 0 Å². The minimum Gasteiger partial charge on any atom is -0.341 e. The van der Waals surface area contributed by atoms with Gasteiger partial charge in [0.2, 0.25) is 0 Å². The van der Waals surface area contributed by atoms with Crippen LogP contribution in [0, 0.1) is 0 Å². The zero-order chi connectivity index (χ0) is 14.4. The van der Waals surface area contributed by atoms with Gasteiger partial charge in [0.25, 0.3) is 0 Å². The number of aromatic amines is 1. The maximum absolute atomic E-state index is 11.6. The lowest BCUT2D eigenvalue weighted by Gasteiger charge is -2.24. The molecule has 20 heavy (non-hydrogen) atoms. The standard InChI is InChI=1S/C15H20N2O2S/c1-3-15(8-4-5-9-15)14-16-12-7-6-11(20(2,18)19)10-13(12)17-14/h6-7,10H,3-5,8-9H2,1-2H3,(H,16,17). The Morgan fingerprint density at radius 3 is 2.60 bits per heavy atom. The number of imidazole rings is 1. The van der Waals surface area contributed by atoms with E-state index in [1.807, 2.05) is 0 Å². The fraction of sp³-hybridized carbons (Fsp3) is 0.533. The second kappa shape index (κ2) is 4.58. The van der Waals surface area contributed by atoms with Crippen LogP contribution < -0.4 is 0 Å². The fourth-order valence-corrected chi connectivity index (χ4v) is 3.93. The first-order valence-corrected chi connectivity index (χ1v) is 9.04. The number of nitrogens with zero attached hydrogens (tertiary/aromatic N) is 1. The third-order valence-corrected chi connectivity index (χ3v) is 5.73. The molecule has 3 rings (SSSR count). The average molecular weight is 292 g/mol. The number of hydrogen-bond donors (Lipinski definition) is 1. The summed E-state index contributed by atoms with van der Waals surface area (Å²) in [7, 11) is -3.17. The minimum atomic E-state index is -3.17. The molecule has 5 heteroatoms. The van der Waals surface area contributed by atoms with E-state index in [1.165, 1.54) is 31.9 Å². The van der Waals surface area contributed by atoms with Crippen molar-refractivity contribution in [1.82, 2.24) is 9.97 Å². The molecule has 1 saturated carbocycles. The van der Waals surface area contributed by atoms with Crippen LogP contribution in [0.15, 0.2) is 23.1 Å². The Morgan fingerprint density at radius 2 is 2.00 bits per heavy atom. The van der Waals surface area contributed by atoms with E-state index < -0.39 is 9.84 Å². The zero-order valence-electron chi connectivity index (χ0n) is 11.9. The van der Waals surface area contributed by atoms with Gasteiger partial charge in [-0.25, -0.2) is 13.4 Å². The van der Waals surface area contributed by atoms with Crippen molar-refractivity contribution < 1.29 is 8.42 Å². The first-order valence-electron chi connectivity index (χ1n) is 7.15. The lowest BCUT2D eigenvalue weighted by molar-refractivity contribution is 0.403.